The Hall–Kier alpha value is -3.55. The fraction of sp³-hybridized carbons (Fsp3) is 0.200. The summed E-state index contributed by atoms with van der Waals surface area (Å²) in [6, 6.07) is 18.4. The van der Waals surface area contributed by atoms with E-state index in [9.17, 15) is 14.7 Å². The minimum Gasteiger partial charge on any atom is -0.504 e. The van der Waals surface area contributed by atoms with E-state index < -0.39 is 24.0 Å². The lowest BCUT2D eigenvalue weighted by molar-refractivity contribution is -0.126. The fourth-order valence-corrected chi connectivity index (χ4v) is 4.52. The van der Waals surface area contributed by atoms with E-state index in [1.165, 1.54) is 18.1 Å². The van der Waals surface area contributed by atoms with Crippen molar-refractivity contribution >= 4 is 34.8 Å². The number of halogens is 1. The lowest BCUT2D eigenvalue weighted by atomic mass is 9.90. The summed E-state index contributed by atoms with van der Waals surface area (Å²) in [6.45, 7) is 1.94. The summed E-state index contributed by atoms with van der Waals surface area (Å²) >= 11 is 6.05. The Labute approximate surface area is 195 Å². The third kappa shape index (κ3) is 3.50. The van der Waals surface area contributed by atoms with E-state index in [0.717, 1.165) is 5.56 Å². The van der Waals surface area contributed by atoms with Crippen molar-refractivity contribution in [3.05, 3.63) is 82.9 Å². The largest absolute Gasteiger partial charge is 0.504 e. The lowest BCUT2D eigenvalue weighted by Gasteiger charge is -2.29. The molecule has 2 aliphatic rings. The number of ether oxygens (including phenoxy) is 1. The van der Waals surface area contributed by atoms with Crippen LogP contribution in [0, 0.1) is 12.8 Å². The molecule has 7 nitrogen and oxygen atoms in total. The molecule has 0 spiro atoms. The van der Waals surface area contributed by atoms with Crippen LogP contribution in [0.15, 0.2) is 66.7 Å². The average Bonchev–Trinajstić information content (AvgIpc) is 3.32. The number of hydroxylamine groups is 1. The second-order valence-electron chi connectivity index (χ2n) is 8.08. The van der Waals surface area contributed by atoms with Crippen molar-refractivity contribution in [1.82, 2.24) is 0 Å². The van der Waals surface area contributed by atoms with Crippen molar-refractivity contribution in [2.45, 2.75) is 19.1 Å². The molecule has 0 saturated carbocycles. The second-order valence-corrected chi connectivity index (χ2v) is 8.51. The van der Waals surface area contributed by atoms with Crippen LogP contribution in [0.4, 0.5) is 11.4 Å². The van der Waals surface area contributed by atoms with Gasteiger partial charge in [-0.3, -0.25) is 14.4 Å². The van der Waals surface area contributed by atoms with Crippen molar-refractivity contribution in [2.75, 3.05) is 17.1 Å². The first-order valence-electron chi connectivity index (χ1n) is 10.4. The summed E-state index contributed by atoms with van der Waals surface area (Å²) in [5.41, 5.74) is 2.85. The molecular weight excluding hydrogens is 444 g/mol. The third-order valence-electron chi connectivity index (χ3n) is 6.03. The number of fused-ring (bicyclic) bond motifs is 1. The number of phenolic OH excluding ortho intramolecular Hbond substituents is 1. The Morgan fingerprint density at radius 1 is 0.939 bits per heavy atom. The number of benzene rings is 3. The highest BCUT2D eigenvalue weighted by Gasteiger charge is 2.60. The van der Waals surface area contributed by atoms with Gasteiger partial charge in [0.05, 0.1) is 24.5 Å². The van der Waals surface area contributed by atoms with Gasteiger partial charge in [0, 0.05) is 5.02 Å². The topological polar surface area (TPSA) is 79.3 Å². The van der Waals surface area contributed by atoms with E-state index in [2.05, 4.69) is 0 Å². The molecule has 8 heteroatoms. The van der Waals surface area contributed by atoms with Crippen LogP contribution in [-0.4, -0.2) is 30.1 Å². The Kier molecular flexibility index (Phi) is 5.23. The van der Waals surface area contributed by atoms with E-state index in [1.807, 2.05) is 19.1 Å². The highest BCUT2D eigenvalue weighted by atomic mass is 35.5. The number of carbonyl (C=O) groups excluding carboxylic acids is 2. The van der Waals surface area contributed by atoms with Crippen LogP contribution >= 0.6 is 11.6 Å². The maximum absolute atomic E-state index is 13.6. The van der Waals surface area contributed by atoms with Gasteiger partial charge in [-0.2, -0.15) is 0 Å². The molecule has 2 saturated heterocycles. The maximum atomic E-state index is 13.6. The van der Waals surface area contributed by atoms with Crippen LogP contribution < -0.4 is 14.7 Å². The molecule has 2 aliphatic heterocycles. The number of carbonyl (C=O) groups is 2. The van der Waals surface area contributed by atoms with E-state index in [0.29, 0.717) is 22.0 Å². The molecule has 3 aromatic carbocycles. The number of anilines is 2. The quantitative estimate of drug-likeness (QED) is 0.576. The summed E-state index contributed by atoms with van der Waals surface area (Å²) in [7, 11) is 1.45. The molecule has 3 atom stereocenters. The third-order valence-corrected chi connectivity index (χ3v) is 6.29. The molecule has 5 rings (SSSR count). The minimum absolute atomic E-state index is 0.0233. The molecule has 168 valence electrons. The van der Waals surface area contributed by atoms with E-state index in [-0.39, 0.29) is 17.4 Å². The van der Waals surface area contributed by atoms with Crippen molar-refractivity contribution in [3.8, 4) is 11.5 Å². The molecule has 0 unspecified atom stereocenters. The summed E-state index contributed by atoms with van der Waals surface area (Å²) in [6.07, 6.45) is -0.987. The molecule has 2 heterocycles. The minimum atomic E-state index is -0.987. The van der Waals surface area contributed by atoms with Gasteiger partial charge in [-0.1, -0.05) is 35.4 Å². The van der Waals surface area contributed by atoms with Gasteiger partial charge in [-0.05, 0) is 61.0 Å². The van der Waals surface area contributed by atoms with Gasteiger partial charge in [0.1, 0.15) is 5.92 Å². The molecule has 0 bridgehead atoms. The first-order chi connectivity index (χ1) is 15.9. The smallest absolute Gasteiger partial charge is 0.266 e. The van der Waals surface area contributed by atoms with Crippen molar-refractivity contribution in [1.29, 1.82) is 0 Å². The number of phenols is 1. The number of amides is 2. The maximum Gasteiger partial charge on any atom is 0.266 e. The molecule has 33 heavy (non-hydrogen) atoms. The molecule has 2 fully saturated rings. The standard InChI is InChI=1S/C25H21ClN2O5/c1-14-3-8-17(9-4-14)27-24(30)21-22(15-5-12-19(29)20(13-15)32-2)28(33-23(21)25(27)31)18-10-6-16(26)7-11-18/h3-13,21-23,29H,1-2H3/t21-,22-,23+/m1/s1. The number of rotatable bonds is 4. The van der Waals surface area contributed by atoms with Gasteiger partial charge in [0.25, 0.3) is 5.91 Å². The van der Waals surface area contributed by atoms with Gasteiger partial charge < -0.3 is 9.84 Å². The first-order valence-corrected chi connectivity index (χ1v) is 10.8. The first kappa shape index (κ1) is 21.3. The number of imide groups is 1. The Bertz CT molecular complexity index is 1230. The number of aryl methyl sites for hydroxylation is 1. The summed E-state index contributed by atoms with van der Waals surface area (Å²) in [5.74, 6) is -1.31. The molecule has 0 aliphatic carbocycles. The zero-order chi connectivity index (χ0) is 23.3. The van der Waals surface area contributed by atoms with Gasteiger partial charge in [-0.15, -0.1) is 0 Å². The SMILES string of the molecule is COc1cc([C@@H]2[C@H]3C(=O)N(c4ccc(C)cc4)C(=O)[C@H]3ON2c2ccc(Cl)cc2)ccc1O. The normalized spacial score (nSPS) is 22.1. The van der Waals surface area contributed by atoms with Crippen LogP contribution in [0.25, 0.3) is 0 Å². The van der Waals surface area contributed by atoms with E-state index in [4.69, 9.17) is 21.2 Å². The fourth-order valence-electron chi connectivity index (χ4n) is 4.39. The van der Waals surface area contributed by atoms with Gasteiger partial charge in [-0.25, -0.2) is 9.96 Å². The van der Waals surface area contributed by atoms with Crippen LogP contribution in [0.3, 0.4) is 0 Å². The molecular formula is C25H21ClN2O5. The molecule has 3 aromatic rings. The van der Waals surface area contributed by atoms with Crippen LogP contribution in [-0.2, 0) is 14.4 Å². The van der Waals surface area contributed by atoms with Crippen LogP contribution in [0.5, 0.6) is 11.5 Å². The van der Waals surface area contributed by atoms with Crippen molar-refractivity contribution in [3.63, 3.8) is 0 Å². The van der Waals surface area contributed by atoms with E-state index in [1.54, 1.807) is 53.6 Å². The number of aromatic hydroxyl groups is 1. The second kappa shape index (κ2) is 8.10. The van der Waals surface area contributed by atoms with Crippen molar-refractivity contribution < 1.29 is 24.3 Å². The summed E-state index contributed by atoms with van der Waals surface area (Å²) in [5, 5.41) is 12.2. The molecule has 1 N–H and O–H groups in total. The zero-order valence-corrected chi connectivity index (χ0v) is 18.7. The van der Waals surface area contributed by atoms with Crippen molar-refractivity contribution in [2.24, 2.45) is 5.92 Å². The van der Waals surface area contributed by atoms with Gasteiger partial charge in [0.2, 0.25) is 5.91 Å². The van der Waals surface area contributed by atoms with Crippen LogP contribution in [0.1, 0.15) is 17.2 Å². The highest BCUT2D eigenvalue weighted by molar-refractivity contribution is 6.30. The average molecular weight is 465 g/mol. The predicted octanol–water partition coefficient (Wildman–Crippen LogP) is 4.41. The monoisotopic (exact) mass is 464 g/mol. The van der Waals surface area contributed by atoms with E-state index >= 15 is 0 Å². The van der Waals surface area contributed by atoms with Gasteiger partial charge >= 0.3 is 0 Å². The molecule has 0 aromatic heterocycles. The Morgan fingerprint density at radius 3 is 2.27 bits per heavy atom. The number of hydrogen-bond donors (Lipinski definition) is 1. The summed E-state index contributed by atoms with van der Waals surface area (Å²) in [4.78, 5) is 34.3. The molecule has 2 amide bonds. The Morgan fingerprint density at radius 2 is 1.61 bits per heavy atom. The number of hydrogen-bond acceptors (Lipinski definition) is 6. The Balaban J connectivity index is 1.60. The van der Waals surface area contributed by atoms with Gasteiger partial charge in [0.15, 0.2) is 17.6 Å². The number of nitrogens with zero attached hydrogens (tertiary/aromatic N) is 2. The highest BCUT2D eigenvalue weighted by Crippen LogP contribution is 2.48. The molecule has 0 radical (unpaired) electrons. The number of methoxy groups -OCH3 is 1. The summed E-state index contributed by atoms with van der Waals surface area (Å²) < 4.78 is 5.27. The lowest BCUT2D eigenvalue weighted by Crippen LogP contribution is -2.37. The predicted molar refractivity (Wildman–Crippen MR) is 123 cm³/mol. The van der Waals surface area contributed by atoms with Crippen LogP contribution in [0.2, 0.25) is 5.02 Å². The zero-order valence-electron chi connectivity index (χ0n) is 17.9.